The summed E-state index contributed by atoms with van der Waals surface area (Å²) in [5.41, 5.74) is 3.30. The molecule has 0 N–H and O–H groups in total. The minimum absolute atomic E-state index is 0.0179. The highest BCUT2D eigenvalue weighted by atomic mass is 14.2. The Balaban J connectivity index is 2.90. The summed E-state index contributed by atoms with van der Waals surface area (Å²) in [6.07, 6.45) is 8.94. The molecule has 0 saturated heterocycles. The van der Waals surface area contributed by atoms with Crippen LogP contribution in [0.5, 0.6) is 0 Å². The first-order valence-electron chi connectivity index (χ1n) is 6.88. The molecule has 0 heterocycles. The van der Waals surface area contributed by atoms with Gasteiger partial charge in [-0.2, -0.15) is 5.26 Å². The number of allylic oxidation sites excluding steroid dienone is 4. The smallest absolute Gasteiger partial charge is 0.101 e. The van der Waals surface area contributed by atoms with Gasteiger partial charge >= 0.3 is 0 Å². The Kier molecular flexibility index (Phi) is 5.64. The maximum atomic E-state index is 8.83. The van der Waals surface area contributed by atoms with Crippen LogP contribution in [0.25, 0.3) is 0 Å². The maximum absolute atomic E-state index is 8.83. The molecule has 0 radical (unpaired) electrons. The van der Waals surface area contributed by atoms with Gasteiger partial charge in [-0.1, -0.05) is 56.1 Å². The first kappa shape index (κ1) is 15.3. The van der Waals surface area contributed by atoms with Crippen LogP contribution < -0.4 is 0 Å². The first-order chi connectivity index (χ1) is 9.03. The Morgan fingerprint density at radius 3 is 2.42 bits per heavy atom. The molecule has 0 fully saturated rings. The van der Waals surface area contributed by atoms with E-state index in [1.165, 1.54) is 17.5 Å². The molecule has 0 bridgehead atoms. The van der Waals surface area contributed by atoms with E-state index in [-0.39, 0.29) is 5.41 Å². The van der Waals surface area contributed by atoms with Crippen LogP contribution in [0.1, 0.15) is 38.3 Å². The van der Waals surface area contributed by atoms with Crippen LogP contribution in [0.15, 0.2) is 48.1 Å². The van der Waals surface area contributed by atoms with Crippen molar-refractivity contribution >= 4 is 7.85 Å². The quantitative estimate of drug-likeness (QED) is 0.577. The van der Waals surface area contributed by atoms with Crippen LogP contribution in [-0.2, 0) is 5.41 Å². The standard InChI is InChI=1S/C17H22BN/c1-4-14(10-12-18)9-11-17(2,3)16-7-5-15(13-19)6-8-16/h4-9,11H,10,12,18H2,1-3H3/b11-9-,14-4+. The molecule has 0 aliphatic rings. The molecular weight excluding hydrogens is 229 g/mol. The highest BCUT2D eigenvalue weighted by molar-refractivity contribution is 6.08. The number of hydrogen-bond acceptors (Lipinski definition) is 1. The van der Waals surface area contributed by atoms with Gasteiger partial charge in [-0.05, 0) is 31.0 Å². The van der Waals surface area contributed by atoms with E-state index in [9.17, 15) is 0 Å². The van der Waals surface area contributed by atoms with E-state index < -0.39 is 0 Å². The largest absolute Gasteiger partial charge is 0.192 e. The van der Waals surface area contributed by atoms with E-state index in [1.54, 1.807) is 0 Å². The van der Waals surface area contributed by atoms with E-state index >= 15 is 0 Å². The van der Waals surface area contributed by atoms with Crippen molar-refractivity contribution in [1.82, 2.24) is 0 Å². The Morgan fingerprint density at radius 1 is 1.32 bits per heavy atom. The molecule has 0 aliphatic carbocycles. The lowest BCUT2D eigenvalue weighted by Crippen LogP contribution is -2.13. The molecule has 0 aliphatic heterocycles. The summed E-state index contributed by atoms with van der Waals surface area (Å²) in [6, 6.07) is 10.00. The van der Waals surface area contributed by atoms with Crippen molar-refractivity contribution < 1.29 is 0 Å². The van der Waals surface area contributed by atoms with E-state index in [4.69, 9.17) is 5.26 Å². The fourth-order valence-corrected chi connectivity index (χ4v) is 2.00. The van der Waals surface area contributed by atoms with Crippen molar-refractivity contribution in [3.8, 4) is 6.07 Å². The Hall–Kier alpha value is -1.75. The summed E-state index contributed by atoms with van der Waals surface area (Å²) in [4.78, 5) is 0. The summed E-state index contributed by atoms with van der Waals surface area (Å²) in [5, 5.41) is 8.83. The van der Waals surface area contributed by atoms with Gasteiger partial charge in [0.25, 0.3) is 0 Å². The molecule has 0 aromatic heterocycles. The molecule has 0 saturated carbocycles. The minimum atomic E-state index is -0.0179. The average Bonchev–Trinajstić information content (AvgIpc) is 2.43. The zero-order valence-corrected chi connectivity index (χ0v) is 12.4. The predicted molar refractivity (Wildman–Crippen MR) is 85.0 cm³/mol. The van der Waals surface area contributed by atoms with Crippen LogP contribution in [-0.4, -0.2) is 7.85 Å². The van der Waals surface area contributed by atoms with Crippen LogP contribution >= 0.6 is 0 Å². The molecule has 2 heteroatoms. The number of nitriles is 1. The third-order valence-corrected chi connectivity index (χ3v) is 3.38. The zero-order chi connectivity index (χ0) is 14.3. The molecule has 0 amide bonds. The van der Waals surface area contributed by atoms with Crippen LogP contribution in [0.3, 0.4) is 0 Å². The van der Waals surface area contributed by atoms with Gasteiger partial charge in [0, 0.05) is 5.41 Å². The van der Waals surface area contributed by atoms with Gasteiger partial charge in [0.05, 0.1) is 11.6 Å². The Labute approximate surface area is 118 Å². The lowest BCUT2D eigenvalue weighted by atomic mass is 9.83. The summed E-state index contributed by atoms with van der Waals surface area (Å²) in [6.45, 7) is 6.48. The molecule has 0 unspecified atom stereocenters. The zero-order valence-electron chi connectivity index (χ0n) is 12.4. The lowest BCUT2D eigenvalue weighted by molar-refractivity contribution is 0.669. The van der Waals surface area contributed by atoms with Crippen molar-refractivity contribution in [1.29, 1.82) is 5.26 Å². The summed E-state index contributed by atoms with van der Waals surface area (Å²) >= 11 is 0. The number of hydrogen-bond donors (Lipinski definition) is 0. The lowest BCUT2D eigenvalue weighted by Gasteiger charge is -2.21. The van der Waals surface area contributed by atoms with E-state index in [1.807, 2.05) is 24.3 Å². The van der Waals surface area contributed by atoms with E-state index in [2.05, 4.69) is 52.9 Å². The first-order valence-corrected chi connectivity index (χ1v) is 6.88. The van der Waals surface area contributed by atoms with Crippen molar-refractivity contribution in [3.63, 3.8) is 0 Å². The number of nitrogens with zero attached hydrogens (tertiary/aromatic N) is 1. The highest BCUT2D eigenvalue weighted by Crippen LogP contribution is 2.26. The van der Waals surface area contributed by atoms with Crippen molar-refractivity contribution in [3.05, 3.63) is 59.2 Å². The average molecular weight is 251 g/mol. The molecule has 1 nitrogen and oxygen atoms in total. The Morgan fingerprint density at radius 2 is 1.95 bits per heavy atom. The molecule has 0 atom stereocenters. The summed E-state index contributed by atoms with van der Waals surface area (Å²) < 4.78 is 0. The van der Waals surface area contributed by atoms with Crippen molar-refractivity contribution in [2.75, 3.05) is 0 Å². The summed E-state index contributed by atoms with van der Waals surface area (Å²) in [5.74, 6) is 0. The number of rotatable bonds is 5. The third-order valence-electron chi connectivity index (χ3n) is 3.38. The van der Waals surface area contributed by atoms with Crippen LogP contribution in [0, 0.1) is 11.3 Å². The molecule has 19 heavy (non-hydrogen) atoms. The second-order valence-electron chi connectivity index (χ2n) is 5.36. The van der Waals surface area contributed by atoms with Gasteiger partial charge < -0.3 is 0 Å². The SMILES string of the molecule is BCCC(/C=C\C(C)(C)c1ccc(C#N)cc1)=C/C. The van der Waals surface area contributed by atoms with Crippen molar-refractivity contribution in [2.24, 2.45) is 0 Å². The highest BCUT2D eigenvalue weighted by Gasteiger charge is 2.16. The maximum Gasteiger partial charge on any atom is 0.101 e. The van der Waals surface area contributed by atoms with Crippen LogP contribution in [0.2, 0.25) is 6.32 Å². The normalized spacial score (nSPS) is 12.6. The third kappa shape index (κ3) is 4.45. The molecule has 1 aromatic rings. The molecule has 98 valence electrons. The molecule has 1 aromatic carbocycles. The van der Waals surface area contributed by atoms with E-state index in [0.29, 0.717) is 5.56 Å². The molecule has 0 spiro atoms. The Bertz CT molecular complexity index is 501. The van der Waals surface area contributed by atoms with Gasteiger partial charge in [0.15, 0.2) is 0 Å². The fourth-order valence-electron chi connectivity index (χ4n) is 2.00. The fraction of sp³-hybridized carbons (Fsp3) is 0.353. The monoisotopic (exact) mass is 251 g/mol. The second-order valence-corrected chi connectivity index (χ2v) is 5.36. The second kappa shape index (κ2) is 6.99. The van der Waals surface area contributed by atoms with Gasteiger partial charge in [-0.3, -0.25) is 0 Å². The van der Waals surface area contributed by atoms with Gasteiger partial charge in [0.2, 0.25) is 0 Å². The van der Waals surface area contributed by atoms with Crippen molar-refractivity contribution in [2.45, 2.75) is 38.9 Å². The van der Waals surface area contributed by atoms with Crippen LogP contribution in [0.4, 0.5) is 0 Å². The summed E-state index contributed by atoms with van der Waals surface area (Å²) in [7, 11) is 2.20. The van der Waals surface area contributed by atoms with Gasteiger partial charge in [0.1, 0.15) is 7.85 Å². The van der Waals surface area contributed by atoms with Gasteiger partial charge in [-0.15, -0.1) is 0 Å². The van der Waals surface area contributed by atoms with E-state index in [0.717, 1.165) is 6.42 Å². The molecular formula is C17H22BN. The van der Waals surface area contributed by atoms with Gasteiger partial charge in [-0.25, -0.2) is 0 Å². The minimum Gasteiger partial charge on any atom is -0.192 e. The number of benzene rings is 1. The topological polar surface area (TPSA) is 23.8 Å². The molecule has 1 rings (SSSR count). The predicted octanol–water partition coefficient (Wildman–Crippen LogP) is 3.78.